The molecule has 5 heteroatoms. The van der Waals surface area contributed by atoms with E-state index in [1.165, 1.54) is 0 Å². The molecule has 0 saturated heterocycles. The van der Waals surface area contributed by atoms with E-state index < -0.39 is 5.97 Å². The Kier molecular flexibility index (Phi) is 4.90. The third-order valence-electron chi connectivity index (χ3n) is 5.28. The molecule has 1 N–H and O–H groups in total. The van der Waals surface area contributed by atoms with Gasteiger partial charge in [0.2, 0.25) is 0 Å². The highest BCUT2D eigenvalue weighted by Gasteiger charge is 2.22. The maximum absolute atomic E-state index is 10.8. The molecular weight excluding hydrogens is 354 g/mol. The van der Waals surface area contributed by atoms with Crippen molar-refractivity contribution in [2.75, 3.05) is 0 Å². The van der Waals surface area contributed by atoms with E-state index in [2.05, 4.69) is 29.4 Å². The lowest BCUT2D eigenvalue weighted by molar-refractivity contribution is -0.136. The van der Waals surface area contributed by atoms with Crippen LogP contribution in [0.2, 0.25) is 0 Å². The largest absolute Gasteiger partial charge is 0.485 e. The first-order valence-corrected chi connectivity index (χ1v) is 9.54. The van der Waals surface area contributed by atoms with Crippen molar-refractivity contribution in [2.45, 2.75) is 45.6 Å². The van der Waals surface area contributed by atoms with Crippen LogP contribution in [0, 0.1) is 13.8 Å². The minimum absolute atomic E-state index is 0.00204. The molecule has 1 aliphatic rings. The van der Waals surface area contributed by atoms with Gasteiger partial charge in [0, 0.05) is 12.0 Å². The SMILES string of the molecule is Cc1noc(C)c1-c1cccc(C2CCc3cc(CCC(=O)O)ccc3O2)c1. The molecule has 1 atom stereocenters. The molecule has 2 heterocycles. The third kappa shape index (κ3) is 3.65. The molecule has 28 heavy (non-hydrogen) atoms. The lowest BCUT2D eigenvalue weighted by Crippen LogP contribution is -2.15. The number of carbonyl (C=O) groups is 1. The number of hydrogen-bond donors (Lipinski definition) is 1. The summed E-state index contributed by atoms with van der Waals surface area (Å²) in [4.78, 5) is 10.8. The Morgan fingerprint density at radius 2 is 2.07 bits per heavy atom. The highest BCUT2D eigenvalue weighted by atomic mass is 16.5. The molecule has 0 radical (unpaired) electrons. The number of rotatable bonds is 5. The van der Waals surface area contributed by atoms with E-state index in [0.717, 1.165) is 57.9 Å². The smallest absolute Gasteiger partial charge is 0.303 e. The number of ether oxygens (including phenoxy) is 1. The highest BCUT2D eigenvalue weighted by Crippen LogP contribution is 2.37. The van der Waals surface area contributed by atoms with Gasteiger partial charge in [0.25, 0.3) is 0 Å². The van der Waals surface area contributed by atoms with Gasteiger partial charge in [0.1, 0.15) is 17.6 Å². The van der Waals surface area contributed by atoms with E-state index in [9.17, 15) is 4.79 Å². The van der Waals surface area contributed by atoms with Gasteiger partial charge in [0.05, 0.1) is 5.69 Å². The van der Waals surface area contributed by atoms with Crippen molar-refractivity contribution >= 4 is 5.97 Å². The van der Waals surface area contributed by atoms with Crippen LogP contribution in [0.1, 0.15) is 47.1 Å². The molecule has 3 aromatic rings. The molecule has 1 unspecified atom stereocenters. The normalized spacial score (nSPS) is 15.7. The predicted molar refractivity (Wildman–Crippen MR) is 106 cm³/mol. The number of nitrogens with zero attached hydrogens (tertiary/aromatic N) is 1. The minimum atomic E-state index is -0.771. The summed E-state index contributed by atoms with van der Waals surface area (Å²) >= 11 is 0. The van der Waals surface area contributed by atoms with Crippen LogP contribution < -0.4 is 4.74 Å². The summed E-state index contributed by atoms with van der Waals surface area (Å²) in [7, 11) is 0. The van der Waals surface area contributed by atoms with Crippen molar-refractivity contribution in [1.29, 1.82) is 0 Å². The topological polar surface area (TPSA) is 72.6 Å². The fourth-order valence-electron chi connectivity index (χ4n) is 3.87. The number of carboxylic acids is 1. The summed E-state index contributed by atoms with van der Waals surface area (Å²) < 4.78 is 11.6. The summed E-state index contributed by atoms with van der Waals surface area (Å²) in [5.41, 5.74) is 6.36. The number of benzene rings is 2. The number of aryl methyl sites for hydroxylation is 4. The van der Waals surface area contributed by atoms with Crippen LogP contribution in [0.4, 0.5) is 0 Å². The molecule has 1 aliphatic heterocycles. The second-order valence-corrected chi connectivity index (χ2v) is 7.31. The average Bonchev–Trinajstić information content (AvgIpc) is 3.04. The number of carboxylic acid groups (broad SMARTS) is 1. The second-order valence-electron chi connectivity index (χ2n) is 7.31. The Labute approximate surface area is 163 Å². The van der Waals surface area contributed by atoms with Crippen LogP contribution in [0.15, 0.2) is 47.0 Å². The van der Waals surface area contributed by atoms with Gasteiger partial charge >= 0.3 is 5.97 Å². The van der Waals surface area contributed by atoms with Gasteiger partial charge in [-0.3, -0.25) is 4.79 Å². The molecular formula is C23H23NO4. The molecule has 144 valence electrons. The van der Waals surface area contributed by atoms with Crippen LogP contribution in [-0.2, 0) is 17.6 Å². The molecule has 2 aromatic carbocycles. The first-order chi connectivity index (χ1) is 13.5. The summed E-state index contributed by atoms with van der Waals surface area (Å²) in [5, 5.41) is 12.9. The number of hydrogen-bond acceptors (Lipinski definition) is 4. The first-order valence-electron chi connectivity index (χ1n) is 9.54. The van der Waals surface area contributed by atoms with Gasteiger partial charge < -0.3 is 14.4 Å². The Hall–Kier alpha value is -3.08. The molecule has 0 aliphatic carbocycles. The molecule has 0 amide bonds. The molecule has 5 nitrogen and oxygen atoms in total. The van der Waals surface area contributed by atoms with Crippen molar-refractivity contribution < 1.29 is 19.2 Å². The van der Waals surface area contributed by atoms with Crippen molar-refractivity contribution in [2.24, 2.45) is 0 Å². The van der Waals surface area contributed by atoms with E-state index >= 15 is 0 Å². The molecule has 4 rings (SSSR count). The van der Waals surface area contributed by atoms with Crippen molar-refractivity contribution in [3.63, 3.8) is 0 Å². The van der Waals surface area contributed by atoms with E-state index in [1.54, 1.807) is 0 Å². The lowest BCUT2D eigenvalue weighted by Gasteiger charge is -2.27. The zero-order valence-corrected chi connectivity index (χ0v) is 16.1. The van der Waals surface area contributed by atoms with Gasteiger partial charge in [-0.1, -0.05) is 35.5 Å². The molecule has 0 saturated carbocycles. The van der Waals surface area contributed by atoms with Gasteiger partial charge in [-0.15, -0.1) is 0 Å². The Bertz CT molecular complexity index is 1000. The zero-order valence-electron chi connectivity index (χ0n) is 16.1. The van der Waals surface area contributed by atoms with Gasteiger partial charge in [-0.2, -0.15) is 0 Å². The summed E-state index contributed by atoms with van der Waals surface area (Å²) in [6, 6.07) is 14.4. The van der Waals surface area contributed by atoms with Crippen LogP contribution in [-0.4, -0.2) is 16.2 Å². The lowest BCUT2D eigenvalue weighted by atomic mass is 9.93. The van der Waals surface area contributed by atoms with E-state index in [0.29, 0.717) is 6.42 Å². The van der Waals surface area contributed by atoms with Crippen LogP contribution in [0.3, 0.4) is 0 Å². The fourth-order valence-corrected chi connectivity index (χ4v) is 3.87. The Morgan fingerprint density at radius 1 is 1.21 bits per heavy atom. The van der Waals surface area contributed by atoms with E-state index in [1.807, 2.05) is 32.0 Å². The average molecular weight is 377 g/mol. The summed E-state index contributed by atoms with van der Waals surface area (Å²) in [6.07, 6.45) is 2.50. The van der Waals surface area contributed by atoms with Crippen LogP contribution >= 0.6 is 0 Å². The Morgan fingerprint density at radius 3 is 2.82 bits per heavy atom. The highest BCUT2D eigenvalue weighted by molar-refractivity contribution is 5.68. The Balaban J connectivity index is 1.55. The van der Waals surface area contributed by atoms with E-state index in [-0.39, 0.29) is 12.5 Å². The predicted octanol–water partition coefficient (Wildman–Crippen LogP) is 5.04. The second kappa shape index (κ2) is 7.50. The standard InChI is InChI=1S/C23H23NO4/c1-14-23(15(2)28-24-14)19-5-3-4-17(13-19)21-10-8-18-12-16(7-11-22(25)26)6-9-20(18)27-21/h3-6,9,12-13,21H,7-8,10-11H2,1-2H3,(H,25,26). The van der Waals surface area contributed by atoms with E-state index in [4.69, 9.17) is 14.4 Å². The maximum Gasteiger partial charge on any atom is 0.303 e. The van der Waals surface area contributed by atoms with Crippen LogP contribution in [0.25, 0.3) is 11.1 Å². The maximum atomic E-state index is 10.8. The van der Waals surface area contributed by atoms with Crippen LogP contribution in [0.5, 0.6) is 5.75 Å². The van der Waals surface area contributed by atoms with Crippen molar-refractivity contribution in [3.05, 3.63) is 70.6 Å². The monoisotopic (exact) mass is 377 g/mol. The summed E-state index contributed by atoms with van der Waals surface area (Å²) in [5.74, 6) is 0.934. The fraction of sp³-hybridized carbons (Fsp3) is 0.304. The summed E-state index contributed by atoms with van der Waals surface area (Å²) in [6.45, 7) is 3.88. The minimum Gasteiger partial charge on any atom is -0.485 e. The molecule has 1 aromatic heterocycles. The van der Waals surface area contributed by atoms with Gasteiger partial charge in [-0.25, -0.2) is 0 Å². The van der Waals surface area contributed by atoms with Gasteiger partial charge in [-0.05, 0) is 67.5 Å². The van der Waals surface area contributed by atoms with Crippen molar-refractivity contribution in [3.8, 4) is 16.9 Å². The first kappa shape index (κ1) is 18.3. The quantitative estimate of drug-likeness (QED) is 0.674. The zero-order chi connectivity index (χ0) is 19.7. The number of aromatic nitrogens is 1. The molecule has 0 bridgehead atoms. The molecule has 0 spiro atoms. The van der Waals surface area contributed by atoms with Gasteiger partial charge in [0.15, 0.2) is 0 Å². The number of fused-ring (bicyclic) bond motifs is 1. The number of aliphatic carboxylic acids is 1. The third-order valence-corrected chi connectivity index (χ3v) is 5.28. The van der Waals surface area contributed by atoms with Crippen molar-refractivity contribution in [1.82, 2.24) is 5.16 Å². The molecule has 0 fully saturated rings.